The first-order valence-electron chi connectivity index (χ1n) is 12.6. The van der Waals surface area contributed by atoms with Crippen molar-refractivity contribution in [1.82, 2.24) is 15.2 Å². The van der Waals surface area contributed by atoms with E-state index in [1.165, 1.54) is 40.4 Å². The number of ether oxygens (including phenoxy) is 1. The van der Waals surface area contributed by atoms with Crippen LogP contribution in [0.3, 0.4) is 0 Å². The fraction of sp³-hybridized carbons (Fsp3) is 0.207. The third-order valence-corrected chi connectivity index (χ3v) is 8.72. The standard InChI is InChI=1S/C29H25ClN4O4S2/c1-2-3-15-38-21-9-6-8-19(16-21)24-23(25(35)18-11-13-31-14-12-18)26(36)27(37)34(24)28-32-33-29(40-28)39-17-20-7-4-5-10-22(20)30/h4-14,16,24,35H,2-3,15,17H2,1H3/b25-23+. The number of amides is 1. The number of pyridine rings is 1. The Bertz CT molecular complexity index is 1560. The van der Waals surface area contributed by atoms with E-state index in [1.54, 1.807) is 30.3 Å². The Hall–Kier alpha value is -3.73. The van der Waals surface area contributed by atoms with E-state index in [2.05, 4.69) is 22.1 Å². The van der Waals surface area contributed by atoms with Crippen LogP contribution < -0.4 is 9.64 Å². The van der Waals surface area contributed by atoms with Gasteiger partial charge in [0.2, 0.25) is 5.13 Å². The van der Waals surface area contributed by atoms with Crippen molar-refractivity contribution in [2.45, 2.75) is 35.9 Å². The maximum absolute atomic E-state index is 13.5. The average Bonchev–Trinajstić information content (AvgIpc) is 3.55. The summed E-state index contributed by atoms with van der Waals surface area (Å²) in [4.78, 5) is 32.2. The number of carbonyl (C=O) groups excluding carboxylic acids is 2. The van der Waals surface area contributed by atoms with Crippen LogP contribution in [-0.4, -0.2) is 38.6 Å². The highest BCUT2D eigenvalue weighted by Gasteiger charge is 2.48. The number of aromatic nitrogens is 3. The Labute approximate surface area is 244 Å². The SMILES string of the molecule is CCCCOc1cccc(C2/C(=C(\O)c3ccncc3)C(=O)C(=O)N2c2nnc(SCc3ccccc3Cl)s2)c1. The second-order valence-electron chi connectivity index (χ2n) is 8.91. The van der Waals surface area contributed by atoms with Crippen LogP contribution in [0.4, 0.5) is 5.13 Å². The summed E-state index contributed by atoms with van der Waals surface area (Å²) in [6, 6.07) is 17.0. The molecule has 2 aromatic heterocycles. The molecular formula is C29H25ClN4O4S2. The normalized spacial score (nSPS) is 16.4. The summed E-state index contributed by atoms with van der Waals surface area (Å²) in [7, 11) is 0. The number of thioether (sulfide) groups is 1. The van der Waals surface area contributed by atoms with Gasteiger partial charge in [-0.1, -0.05) is 78.4 Å². The Morgan fingerprint density at radius 2 is 1.90 bits per heavy atom. The minimum absolute atomic E-state index is 0.0395. The molecule has 1 N–H and O–H groups in total. The molecule has 1 saturated heterocycles. The maximum Gasteiger partial charge on any atom is 0.301 e. The number of aliphatic hydroxyl groups excluding tert-OH is 1. The van der Waals surface area contributed by atoms with Crippen LogP contribution in [0.25, 0.3) is 5.76 Å². The monoisotopic (exact) mass is 592 g/mol. The van der Waals surface area contributed by atoms with Crippen LogP contribution in [0, 0.1) is 0 Å². The number of nitrogens with zero attached hydrogens (tertiary/aromatic N) is 4. The molecule has 11 heteroatoms. The minimum atomic E-state index is -0.933. The summed E-state index contributed by atoms with van der Waals surface area (Å²) in [6.07, 6.45) is 4.90. The lowest BCUT2D eigenvalue weighted by atomic mass is 9.95. The number of hydrogen-bond acceptors (Lipinski definition) is 9. The van der Waals surface area contributed by atoms with E-state index in [0.29, 0.717) is 38.6 Å². The number of Topliss-reactive ketones (excluding diaryl/α,β-unsaturated/α-hetero) is 1. The van der Waals surface area contributed by atoms with Crippen molar-refractivity contribution in [2.75, 3.05) is 11.5 Å². The van der Waals surface area contributed by atoms with Crippen molar-refractivity contribution in [3.63, 3.8) is 0 Å². The van der Waals surface area contributed by atoms with Gasteiger partial charge in [0.05, 0.1) is 18.2 Å². The number of unbranched alkanes of at least 4 members (excludes halogenated alkanes) is 1. The third-order valence-electron chi connectivity index (χ3n) is 6.25. The summed E-state index contributed by atoms with van der Waals surface area (Å²) < 4.78 is 6.51. The molecule has 1 atom stereocenters. The van der Waals surface area contributed by atoms with Crippen molar-refractivity contribution in [3.8, 4) is 5.75 Å². The van der Waals surface area contributed by atoms with Gasteiger partial charge in [0, 0.05) is 28.7 Å². The van der Waals surface area contributed by atoms with Gasteiger partial charge in [0.25, 0.3) is 5.78 Å². The second-order valence-corrected chi connectivity index (χ2v) is 11.5. The number of hydrogen-bond donors (Lipinski definition) is 1. The number of anilines is 1. The maximum atomic E-state index is 13.5. The van der Waals surface area contributed by atoms with E-state index >= 15 is 0 Å². The summed E-state index contributed by atoms with van der Waals surface area (Å²) in [6.45, 7) is 2.62. The molecule has 1 aliphatic heterocycles. The zero-order valence-corrected chi connectivity index (χ0v) is 23.9. The predicted molar refractivity (Wildman–Crippen MR) is 157 cm³/mol. The van der Waals surface area contributed by atoms with Gasteiger partial charge >= 0.3 is 5.91 Å². The zero-order chi connectivity index (χ0) is 28.1. The number of benzene rings is 2. The topological polar surface area (TPSA) is 106 Å². The minimum Gasteiger partial charge on any atom is -0.507 e. The highest BCUT2D eigenvalue weighted by molar-refractivity contribution is 8.00. The molecule has 1 unspecified atom stereocenters. The Balaban J connectivity index is 1.53. The van der Waals surface area contributed by atoms with Crippen molar-refractivity contribution >= 4 is 57.3 Å². The quantitative estimate of drug-likeness (QED) is 0.0542. The first kappa shape index (κ1) is 27.8. The highest BCUT2D eigenvalue weighted by Crippen LogP contribution is 2.44. The Morgan fingerprint density at radius 1 is 1.10 bits per heavy atom. The van der Waals surface area contributed by atoms with Gasteiger partial charge in [-0.2, -0.15) is 0 Å². The average molecular weight is 593 g/mol. The molecule has 2 aromatic carbocycles. The fourth-order valence-electron chi connectivity index (χ4n) is 4.23. The molecule has 3 heterocycles. The molecular weight excluding hydrogens is 568 g/mol. The summed E-state index contributed by atoms with van der Waals surface area (Å²) >= 11 is 8.92. The van der Waals surface area contributed by atoms with Crippen LogP contribution in [0.5, 0.6) is 5.75 Å². The molecule has 4 aromatic rings. The summed E-state index contributed by atoms with van der Waals surface area (Å²) in [5.41, 5.74) is 1.89. The van der Waals surface area contributed by atoms with Crippen LogP contribution in [0.1, 0.15) is 42.5 Å². The lowest BCUT2D eigenvalue weighted by Gasteiger charge is -2.23. The number of carbonyl (C=O) groups is 2. The van der Waals surface area contributed by atoms with E-state index in [9.17, 15) is 14.7 Å². The van der Waals surface area contributed by atoms with Crippen molar-refractivity contribution in [1.29, 1.82) is 0 Å². The van der Waals surface area contributed by atoms with Gasteiger partial charge in [-0.15, -0.1) is 10.2 Å². The molecule has 0 bridgehead atoms. The molecule has 5 rings (SSSR count). The second kappa shape index (κ2) is 12.6. The number of ketones is 1. The van der Waals surface area contributed by atoms with E-state index in [-0.39, 0.29) is 16.5 Å². The van der Waals surface area contributed by atoms with E-state index in [4.69, 9.17) is 16.3 Å². The first-order chi connectivity index (χ1) is 19.5. The zero-order valence-electron chi connectivity index (χ0n) is 21.5. The van der Waals surface area contributed by atoms with E-state index in [1.807, 2.05) is 30.3 Å². The molecule has 0 spiro atoms. The fourth-order valence-corrected chi connectivity index (χ4v) is 6.39. The summed E-state index contributed by atoms with van der Waals surface area (Å²) in [5, 5.41) is 20.7. The Kier molecular flexibility index (Phi) is 8.78. The van der Waals surface area contributed by atoms with Gasteiger partial charge in [-0.3, -0.25) is 19.5 Å². The van der Waals surface area contributed by atoms with Gasteiger partial charge in [-0.05, 0) is 47.9 Å². The summed E-state index contributed by atoms with van der Waals surface area (Å²) in [5.74, 6) is -0.721. The number of halogens is 1. The molecule has 0 aliphatic carbocycles. The number of rotatable bonds is 10. The van der Waals surface area contributed by atoms with Crippen LogP contribution >= 0.6 is 34.7 Å². The van der Waals surface area contributed by atoms with Crippen molar-refractivity contribution < 1.29 is 19.4 Å². The van der Waals surface area contributed by atoms with Gasteiger partial charge in [0.1, 0.15) is 11.5 Å². The third kappa shape index (κ3) is 5.89. The highest BCUT2D eigenvalue weighted by atomic mass is 35.5. The Morgan fingerprint density at radius 3 is 2.67 bits per heavy atom. The lowest BCUT2D eigenvalue weighted by Crippen LogP contribution is -2.29. The van der Waals surface area contributed by atoms with Gasteiger partial charge < -0.3 is 9.84 Å². The molecule has 40 heavy (non-hydrogen) atoms. The van der Waals surface area contributed by atoms with Crippen LogP contribution in [-0.2, 0) is 15.3 Å². The van der Waals surface area contributed by atoms with Crippen LogP contribution in [0.2, 0.25) is 5.02 Å². The molecule has 0 saturated carbocycles. The van der Waals surface area contributed by atoms with E-state index < -0.39 is 17.7 Å². The van der Waals surface area contributed by atoms with Gasteiger partial charge in [0.15, 0.2) is 4.34 Å². The van der Waals surface area contributed by atoms with Crippen molar-refractivity contribution in [3.05, 3.63) is 100 Å². The smallest absolute Gasteiger partial charge is 0.301 e. The molecule has 1 amide bonds. The van der Waals surface area contributed by atoms with Crippen molar-refractivity contribution in [2.24, 2.45) is 0 Å². The molecule has 204 valence electrons. The largest absolute Gasteiger partial charge is 0.507 e. The number of aliphatic hydroxyl groups is 1. The van der Waals surface area contributed by atoms with Gasteiger partial charge in [-0.25, -0.2) is 0 Å². The molecule has 0 radical (unpaired) electrons. The lowest BCUT2D eigenvalue weighted by molar-refractivity contribution is -0.132. The molecule has 8 nitrogen and oxygen atoms in total. The molecule has 1 fully saturated rings. The molecule has 1 aliphatic rings. The first-order valence-corrected chi connectivity index (χ1v) is 14.8. The predicted octanol–water partition coefficient (Wildman–Crippen LogP) is 6.68. The van der Waals surface area contributed by atoms with E-state index in [0.717, 1.165) is 18.4 Å². The van der Waals surface area contributed by atoms with Crippen LogP contribution in [0.15, 0.2) is 83.0 Å².